The average Bonchev–Trinajstić information content (AvgIpc) is 2.13. The number of hydrogen-bond donors (Lipinski definition) is 1. The number of likely N-dealkylation sites (tertiary alicyclic amines) is 1. The molecule has 0 aromatic heterocycles. The van der Waals surface area contributed by atoms with Gasteiger partial charge in [0.2, 0.25) is 0 Å². The number of carboxylic acid groups (broad SMARTS) is 1. The zero-order valence-corrected chi connectivity index (χ0v) is 10.1. The second-order valence-electron chi connectivity index (χ2n) is 5.25. The van der Waals surface area contributed by atoms with E-state index in [0.29, 0.717) is 13.1 Å². The van der Waals surface area contributed by atoms with Crippen LogP contribution in [0.25, 0.3) is 0 Å². The van der Waals surface area contributed by atoms with Gasteiger partial charge in [-0.1, -0.05) is 6.42 Å². The van der Waals surface area contributed by atoms with Crippen LogP contribution in [0.15, 0.2) is 0 Å². The fourth-order valence-electron chi connectivity index (χ4n) is 1.87. The molecule has 1 fully saturated rings. The fourth-order valence-corrected chi connectivity index (χ4v) is 1.87. The molecule has 0 radical (unpaired) electrons. The molecule has 0 aliphatic carbocycles. The normalized spacial score (nSPS) is 17.8. The van der Waals surface area contributed by atoms with Crippen LogP contribution in [0.4, 0.5) is 0 Å². The van der Waals surface area contributed by atoms with Gasteiger partial charge in [0.05, 0.1) is 17.4 Å². The largest absolute Gasteiger partial charge is 0.481 e. The summed E-state index contributed by atoms with van der Waals surface area (Å²) in [4.78, 5) is 12.7. The maximum absolute atomic E-state index is 10.6. The van der Waals surface area contributed by atoms with E-state index in [9.17, 15) is 4.79 Å². The molecule has 1 aliphatic heterocycles. The van der Waals surface area contributed by atoms with Crippen molar-refractivity contribution in [3.63, 3.8) is 0 Å². The first-order valence-corrected chi connectivity index (χ1v) is 5.81. The van der Waals surface area contributed by atoms with Crippen LogP contribution < -0.4 is 0 Å². The molecule has 1 heterocycles. The highest BCUT2D eigenvalue weighted by atomic mass is 16.4. The highest BCUT2D eigenvalue weighted by Crippen LogP contribution is 2.22. The number of nitriles is 1. The summed E-state index contributed by atoms with van der Waals surface area (Å²) in [6, 6.07) is 2.29. The molecule has 0 amide bonds. The van der Waals surface area contributed by atoms with Gasteiger partial charge >= 0.3 is 5.97 Å². The summed E-state index contributed by atoms with van der Waals surface area (Å²) in [5, 5.41) is 17.5. The molecule has 0 spiro atoms. The lowest BCUT2D eigenvalue weighted by Gasteiger charge is -2.36. The molecular formula is C12H20N2O2. The molecule has 16 heavy (non-hydrogen) atoms. The molecule has 0 aromatic carbocycles. The van der Waals surface area contributed by atoms with E-state index in [1.54, 1.807) is 0 Å². The molecule has 0 saturated carbocycles. The predicted octanol–water partition coefficient (Wildman–Crippen LogP) is 1.72. The number of carbonyl (C=O) groups is 1. The van der Waals surface area contributed by atoms with E-state index in [1.165, 1.54) is 0 Å². The summed E-state index contributed by atoms with van der Waals surface area (Å²) in [7, 11) is 0. The van der Waals surface area contributed by atoms with Crippen LogP contribution >= 0.6 is 0 Å². The number of rotatable bonds is 6. The zero-order chi connectivity index (χ0) is 12.2. The van der Waals surface area contributed by atoms with Gasteiger partial charge in [0.1, 0.15) is 0 Å². The zero-order valence-electron chi connectivity index (χ0n) is 10.1. The molecule has 1 N–H and O–H groups in total. The minimum atomic E-state index is -0.679. The van der Waals surface area contributed by atoms with Gasteiger partial charge in [0.15, 0.2) is 0 Å². The van der Waals surface area contributed by atoms with Crippen molar-refractivity contribution in [2.75, 3.05) is 19.6 Å². The van der Waals surface area contributed by atoms with Gasteiger partial charge < -0.3 is 10.0 Å². The highest BCUT2D eigenvalue weighted by Gasteiger charge is 2.31. The molecule has 1 saturated heterocycles. The van der Waals surface area contributed by atoms with Gasteiger partial charge in [-0.2, -0.15) is 5.26 Å². The van der Waals surface area contributed by atoms with Gasteiger partial charge in [0.25, 0.3) is 0 Å². The molecular weight excluding hydrogens is 204 g/mol. The van der Waals surface area contributed by atoms with Gasteiger partial charge in [-0.15, -0.1) is 0 Å². The number of unbranched alkanes of at least 4 members (excludes halogenated alkanes) is 1. The molecule has 0 bridgehead atoms. The Morgan fingerprint density at radius 3 is 2.62 bits per heavy atom. The topological polar surface area (TPSA) is 64.3 Å². The van der Waals surface area contributed by atoms with E-state index < -0.39 is 5.97 Å². The number of hydrogen-bond acceptors (Lipinski definition) is 3. The summed E-state index contributed by atoms with van der Waals surface area (Å²) >= 11 is 0. The van der Waals surface area contributed by atoms with Crippen LogP contribution in [-0.4, -0.2) is 35.6 Å². The molecule has 4 nitrogen and oxygen atoms in total. The SMILES string of the molecule is CC(C)(C#N)CCCCN1CC(C(=O)O)C1. The van der Waals surface area contributed by atoms with Crippen molar-refractivity contribution in [1.82, 2.24) is 4.90 Å². The Morgan fingerprint density at radius 1 is 1.50 bits per heavy atom. The fraction of sp³-hybridized carbons (Fsp3) is 0.833. The van der Waals surface area contributed by atoms with Crippen molar-refractivity contribution < 1.29 is 9.90 Å². The van der Waals surface area contributed by atoms with Gasteiger partial charge in [-0.05, 0) is 33.2 Å². The van der Waals surface area contributed by atoms with Crippen LogP contribution in [0.5, 0.6) is 0 Å². The van der Waals surface area contributed by atoms with E-state index >= 15 is 0 Å². The van der Waals surface area contributed by atoms with E-state index in [4.69, 9.17) is 10.4 Å². The first-order chi connectivity index (χ1) is 7.44. The second kappa shape index (κ2) is 5.31. The predicted molar refractivity (Wildman–Crippen MR) is 60.8 cm³/mol. The van der Waals surface area contributed by atoms with Crippen molar-refractivity contribution >= 4 is 5.97 Å². The number of nitrogens with zero attached hydrogens (tertiary/aromatic N) is 2. The molecule has 0 unspecified atom stereocenters. The monoisotopic (exact) mass is 224 g/mol. The van der Waals surface area contributed by atoms with E-state index in [0.717, 1.165) is 25.8 Å². The lowest BCUT2D eigenvalue weighted by atomic mass is 9.89. The smallest absolute Gasteiger partial charge is 0.309 e. The van der Waals surface area contributed by atoms with E-state index in [-0.39, 0.29) is 11.3 Å². The molecule has 90 valence electrons. The minimum Gasteiger partial charge on any atom is -0.481 e. The number of aliphatic carboxylic acids is 1. The quantitative estimate of drug-likeness (QED) is 0.698. The van der Waals surface area contributed by atoms with Crippen LogP contribution in [0, 0.1) is 22.7 Å². The molecule has 0 aromatic rings. The summed E-state index contributed by atoms with van der Waals surface area (Å²) in [5.41, 5.74) is -0.224. The Labute approximate surface area is 96.9 Å². The third kappa shape index (κ3) is 3.82. The van der Waals surface area contributed by atoms with Crippen molar-refractivity contribution in [3.8, 4) is 6.07 Å². The van der Waals surface area contributed by atoms with Crippen molar-refractivity contribution in [2.24, 2.45) is 11.3 Å². The average molecular weight is 224 g/mol. The van der Waals surface area contributed by atoms with Crippen molar-refractivity contribution in [1.29, 1.82) is 5.26 Å². The van der Waals surface area contributed by atoms with Gasteiger partial charge in [-0.3, -0.25) is 4.79 Å². The lowest BCUT2D eigenvalue weighted by molar-refractivity contribution is -0.147. The Morgan fingerprint density at radius 2 is 2.12 bits per heavy atom. The van der Waals surface area contributed by atoms with Crippen LogP contribution in [0.2, 0.25) is 0 Å². The Bertz CT molecular complexity index is 288. The van der Waals surface area contributed by atoms with Crippen LogP contribution in [-0.2, 0) is 4.79 Å². The summed E-state index contributed by atoms with van der Waals surface area (Å²) < 4.78 is 0. The highest BCUT2D eigenvalue weighted by molar-refractivity contribution is 5.71. The summed E-state index contributed by atoms with van der Waals surface area (Å²) in [6.07, 6.45) is 3.01. The second-order valence-corrected chi connectivity index (χ2v) is 5.25. The van der Waals surface area contributed by atoms with Crippen LogP contribution in [0.1, 0.15) is 33.1 Å². The molecule has 4 heteroatoms. The summed E-state index contributed by atoms with van der Waals surface area (Å²) in [6.45, 7) is 6.26. The number of carboxylic acids is 1. The molecule has 1 rings (SSSR count). The summed E-state index contributed by atoms with van der Waals surface area (Å²) in [5.74, 6) is -0.836. The first-order valence-electron chi connectivity index (χ1n) is 5.81. The third-order valence-corrected chi connectivity index (χ3v) is 3.14. The standard InChI is InChI=1S/C12H20N2O2/c1-12(2,9-13)5-3-4-6-14-7-10(8-14)11(15)16/h10H,3-8H2,1-2H3,(H,15,16). The third-order valence-electron chi connectivity index (χ3n) is 3.14. The lowest BCUT2D eigenvalue weighted by Crippen LogP contribution is -2.50. The minimum absolute atomic E-state index is 0.157. The van der Waals surface area contributed by atoms with Crippen molar-refractivity contribution in [2.45, 2.75) is 33.1 Å². The van der Waals surface area contributed by atoms with Gasteiger partial charge in [-0.25, -0.2) is 0 Å². The Balaban J connectivity index is 2.02. The Kier molecular flexibility index (Phi) is 4.31. The van der Waals surface area contributed by atoms with E-state index in [2.05, 4.69) is 11.0 Å². The molecule has 1 aliphatic rings. The van der Waals surface area contributed by atoms with Crippen LogP contribution in [0.3, 0.4) is 0 Å². The van der Waals surface area contributed by atoms with Gasteiger partial charge in [0, 0.05) is 13.1 Å². The van der Waals surface area contributed by atoms with Crippen molar-refractivity contribution in [3.05, 3.63) is 0 Å². The molecule has 0 atom stereocenters. The first kappa shape index (κ1) is 13.0. The van der Waals surface area contributed by atoms with E-state index in [1.807, 2.05) is 13.8 Å². The maximum atomic E-state index is 10.6. The maximum Gasteiger partial charge on any atom is 0.309 e. The Hall–Kier alpha value is -1.08.